The van der Waals surface area contributed by atoms with Crippen molar-refractivity contribution in [1.29, 1.82) is 0 Å². The largest absolute Gasteiger partial charge is 0.496 e. The second kappa shape index (κ2) is 9.21. The summed E-state index contributed by atoms with van der Waals surface area (Å²) in [5.41, 5.74) is 1.97. The molecule has 6 nitrogen and oxygen atoms in total. The second-order valence-corrected chi connectivity index (χ2v) is 9.71. The summed E-state index contributed by atoms with van der Waals surface area (Å²) in [4.78, 5) is 31.4. The van der Waals surface area contributed by atoms with Crippen molar-refractivity contribution in [1.82, 2.24) is 4.57 Å². The van der Waals surface area contributed by atoms with Gasteiger partial charge < -0.3 is 9.47 Å². The summed E-state index contributed by atoms with van der Waals surface area (Å²) in [7, 11) is 2.83. The van der Waals surface area contributed by atoms with Gasteiger partial charge in [-0.15, -0.1) is 0 Å². The number of hydrogen-bond donors (Lipinski definition) is 0. The topological polar surface area (TPSA) is 69.9 Å². The fourth-order valence-corrected chi connectivity index (χ4v) is 5.45. The average molecular weight is 581 g/mol. The van der Waals surface area contributed by atoms with Gasteiger partial charge in [-0.3, -0.25) is 9.36 Å². The number of rotatable bonds is 4. The first-order valence-electron chi connectivity index (χ1n) is 9.54. The van der Waals surface area contributed by atoms with Crippen molar-refractivity contribution in [3.63, 3.8) is 0 Å². The second-order valence-electron chi connectivity index (χ2n) is 7.01. The zero-order chi connectivity index (χ0) is 23.0. The minimum Gasteiger partial charge on any atom is -0.496 e. The quantitative estimate of drug-likeness (QED) is 0.349. The standard InChI is InChI=1S/C23H18ClIN2O4S/c1-12-19(22(29)31-3)20(16-11-14(24)7-8-17(16)30-2)27-21(28)18(32-23(27)26-12)10-13-5-4-6-15(25)9-13/h4-11,20H,1-3H3/b18-10-/t20-/m1/s1. The molecule has 2 heterocycles. The summed E-state index contributed by atoms with van der Waals surface area (Å²) in [6.07, 6.45) is 1.83. The maximum atomic E-state index is 13.6. The number of carbonyl (C=O) groups excluding carboxylic acids is 1. The molecular formula is C23H18ClIN2O4S. The van der Waals surface area contributed by atoms with E-state index >= 15 is 0 Å². The van der Waals surface area contributed by atoms with E-state index in [4.69, 9.17) is 21.1 Å². The Hall–Kier alpha value is -2.43. The number of methoxy groups -OCH3 is 2. The van der Waals surface area contributed by atoms with Gasteiger partial charge in [-0.2, -0.15) is 0 Å². The van der Waals surface area contributed by atoms with Crippen LogP contribution >= 0.6 is 45.5 Å². The number of thiazole rings is 1. The smallest absolute Gasteiger partial charge is 0.338 e. The molecule has 0 fully saturated rings. The van der Waals surface area contributed by atoms with E-state index in [1.165, 1.54) is 30.1 Å². The lowest BCUT2D eigenvalue weighted by molar-refractivity contribution is -0.136. The van der Waals surface area contributed by atoms with Crippen LogP contribution in [0.2, 0.25) is 5.02 Å². The molecule has 4 rings (SSSR count). The minimum absolute atomic E-state index is 0.256. The fraction of sp³-hybridized carbons (Fsp3) is 0.174. The van der Waals surface area contributed by atoms with Crippen LogP contribution in [0.3, 0.4) is 0 Å². The summed E-state index contributed by atoms with van der Waals surface area (Å²) >= 11 is 9.78. The number of carbonyl (C=O) groups is 1. The fourth-order valence-electron chi connectivity index (χ4n) is 3.65. The predicted molar refractivity (Wildman–Crippen MR) is 133 cm³/mol. The maximum Gasteiger partial charge on any atom is 0.338 e. The lowest BCUT2D eigenvalue weighted by Gasteiger charge is -2.25. The Balaban J connectivity index is 2.03. The molecule has 0 saturated heterocycles. The molecule has 1 aromatic heterocycles. The number of benzene rings is 2. The van der Waals surface area contributed by atoms with Gasteiger partial charge in [-0.1, -0.05) is 35.1 Å². The summed E-state index contributed by atoms with van der Waals surface area (Å²) in [5, 5.41) is 0.459. The van der Waals surface area contributed by atoms with E-state index < -0.39 is 12.0 Å². The number of hydrogen-bond acceptors (Lipinski definition) is 6. The molecule has 3 aromatic rings. The molecule has 0 N–H and O–H groups in total. The van der Waals surface area contributed by atoms with Crippen LogP contribution in [0, 0.1) is 3.57 Å². The molecule has 0 saturated carbocycles. The Kier molecular flexibility index (Phi) is 6.55. The number of allylic oxidation sites excluding steroid dienone is 1. The molecule has 1 atom stereocenters. The summed E-state index contributed by atoms with van der Waals surface area (Å²) in [6.45, 7) is 1.73. The van der Waals surface area contributed by atoms with E-state index in [2.05, 4.69) is 27.6 Å². The Bertz CT molecular complexity index is 1440. The van der Waals surface area contributed by atoms with E-state index in [0.717, 1.165) is 9.13 Å². The zero-order valence-corrected chi connectivity index (χ0v) is 21.1. The molecule has 32 heavy (non-hydrogen) atoms. The van der Waals surface area contributed by atoms with Gasteiger partial charge in [0.25, 0.3) is 5.56 Å². The molecule has 0 spiro atoms. The van der Waals surface area contributed by atoms with E-state index in [-0.39, 0.29) is 11.1 Å². The molecule has 0 bridgehead atoms. The van der Waals surface area contributed by atoms with Crippen molar-refractivity contribution in [2.24, 2.45) is 4.99 Å². The Morgan fingerprint density at radius 2 is 2.03 bits per heavy atom. The number of fused-ring (bicyclic) bond motifs is 1. The van der Waals surface area contributed by atoms with Crippen LogP contribution in [0.4, 0.5) is 0 Å². The number of nitrogens with zero attached hydrogens (tertiary/aromatic N) is 2. The number of aromatic nitrogens is 1. The van der Waals surface area contributed by atoms with Gasteiger partial charge in [-0.05, 0) is 71.5 Å². The van der Waals surface area contributed by atoms with Crippen LogP contribution in [0.1, 0.15) is 24.1 Å². The van der Waals surface area contributed by atoms with Crippen LogP contribution in [-0.2, 0) is 9.53 Å². The van der Waals surface area contributed by atoms with E-state index in [9.17, 15) is 9.59 Å². The first kappa shape index (κ1) is 22.8. The lowest BCUT2D eigenvalue weighted by atomic mass is 9.95. The van der Waals surface area contributed by atoms with Gasteiger partial charge in [0, 0.05) is 14.2 Å². The van der Waals surface area contributed by atoms with Crippen molar-refractivity contribution in [2.75, 3.05) is 14.2 Å². The van der Waals surface area contributed by atoms with Crippen LogP contribution in [0.25, 0.3) is 6.08 Å². The normalized spacial score (nSPS) is 15.9. The van der Waals surface area contributed by atoms with Crippen LogP contribution < -0.4 is 19.6 Å². The van der Waals surface area contributed by atoms with Crippen molar-refractivity contribution in [2.45, 2.75) is 13.0 Å². The van der Waals surface area contributed by atoms with Crippen LogP contribution in [0.5, 0.6) is 5.75 Å². The number of halogens is 2. The molecule has 1 aliphatic rings. The number of ether oxygens (including phenoxy) is 2. The molecule has 0 aliphatic carbocycles. The van der Waals surface area contributed by atoms with E-state index in [0.29, 0.717) is 31.4 Å². The van der Waals surface area contributed by atoms with Gasteiger partial charge in [0.05, 0.1) is 30.0 Å². The van der Waals surface area contributed by atoms with Crippen molar-refractivity contribution < 1.29 is 14.3 Å². The third-order valence-electron chi connectivity index (χ3n) is 5.06. The summed E-state index contributed by atoms with van der Waals surface area (Å²) < 4.78 is 13.7. The first-order chi connectivity index (χ1) is 15.3. The Labute approximate surface area is 206 Å². The molecule has 0 radical (unpaired) electrons. The number of esters is 1. The van der Waals surface area contributed by atoms with E-state index in [1.807, 2.05) is 30.3 Å². The Morgan fingerprint density at radius 1 is 1.25 bits per heavy atom. The molecule has 1 aliphatic heterocycles. The summed E-state index contributed by atoms with van der Waals surface area (Å²) in [6, 6.07) is 12.2. The summed E-state index contributed by atoms with van der Waals surface area (Å²) in [5.74, 6) is -0.0622. The SMILES string of the molecule is COC(=O)C1=C(C)N=c2s/c(=C\c3cccc(I)c3)c(=O)n2[C@@H]1c1cc(Cl)ccc1OC. The highest BCUT2D eigenvalue weighted by Gasteiger charge is 2.35. The van der Waals surface area contributed by atoms with Crippen molar-refractivity contribution in [3.05, 3.63) is 93.1 Å². The highest BCUT2D eigenvalue weighted by molar-refractivity contribution is 14.1. The van der Waals surface area contributed by atoms with Crippen molar-refractivity contribution in [3.8, 4) is 5.75 Å². The van der Waals surface area contributed by atoms with Gasteiger partial charge in [-0.25, -0.2) is 9.79 Å². The first-order valence-corrected chi connectivity index (χ1v) is 11.8. The zero-order valence-electron chi connectivity index (χ0n) is 17.4. The van der Waals surface area contributed by atoms with E-state index in [1.54, 1.807) is 25.1 Å². The average Bonchev–Trinajstić information content (AvgIpc) is 3.06. The van der Waals surface area contributed by atoms with Crippen molar-refractivity contribution >= 4 is 57.6 Å². The minimum atomic E-state index is -0.787. The van der Waals surface area contributed by atoms with Crippen LogP contribution in [0.15, 0.2) is 63.5 Å². The van der Waals surface area contributed by atoms with Crippen LogP contribution in [-0.4, -0.2) is 24.8 Å². The molecule has 0 unspecified atom stereocenters. The van der Waals surface area contributed by atoms with Gasteiger partial charge >= 0.3 is 5.97 Å². The molecule has 164 valence electrons. The maximum absolute atomic E-state index is 13.6. The molecular weight excluding hydrogens is 563 g/mol. The third-order valence-corrected chi connectivity index (χ3v) is 6.95. The molecule has 2 aromatic carbocycles. The monoisotopic (exact) mass is 580 g/mol. The Morgan fingerprint density at radius 3 is 2.72 bits per heavy atom. The molecule has 9 heteroatoms. The predicted octanol–water partition coefficient (Wildman–Crippen LogP) is 3.67. The van der Waals surface area contributed by atoms with Gasteiger partial charge in [0.2, 0.25) is 0 Å². The lowest BCUT2D eigenvalue weighted by Crippen LogP contribution is -2.40. The molecule has 0 amide bonds. The highest BCUT2D eigenvalue weighted by atomic mass is 127. The van der Waals surface area contributed by atoms with Gasteiger partial charge in [0.1, 0.15) is 11.8 Å². The highest BCUT2D eigenvalue weighted by Crippen LogP contribution is 2.37. The van der Waals surface area contributed by atoms with Gasteiger partial charge in [0.15, 0.2) is 4.80 Å². The third kappa shape index (κ3) is 4.14.